The Morgan fingerprint density at radius 3 is 2.33 bits per heavy atom. The summed E-state index contributed by atoms with van der Waals surface area (Å²) < 4.78 is 0. The van der Waals surface area contributed by atoms with E-state index >= 15 is 0 Å². The normalized spacial score (nSPS) is 6.00. The predicted molar refractivity (Wildman–Crippen MR) is 27.0 cm³/mol. The molecular weight excluding hydrogens is 74.1 g/mol. The van der Waals surface area contributed by atoms with E-state index in [1.807, 2.05) is 0 Å². The van der Waals surface area contributed by atoms with Gasteiger partial charge in [0, 0.05) is 0 Å². The lowest BCUT2D eigenvalue weighted by molar-refractivity contribution is 1.45. The van der Waals surface area contributed by atoms with E-state index in [4.69, 9.17) is 5.73 Å². The molecule has 0 saturated heterocycles. The Bertz CT molecular complexity index is 96.5. The van der Waals surface area contributed by atoms with Crippen molar-refractivity contribution >= 4 is 0 Å². The third kappa shape index (κ3) is 1.39. The van der Waals surface area contributed by atoms with Crippen molar-refractivity contribution in [1.82, 2.24) is 0 Å². The van der Waals surface area contributed by atoms with Crippen LogP contribution in [-0.2, 0) is 0 Å². The zero-order valence-corrected chi connectivity index (χ0v) is 3.57. The zero-order chi connectivity index (χ0) is 4.99. The van der Waals surface area contributed by atoms with Crippen LogP contribution < -0.4 is 5.73 Å². The molecule has 0 rings (SSSR count). The van der Waals surface area contributed by atoms with E-state index < -0.39 is 0 Å². The van der Waals surface area contributed by atoms with E-state index in [0.717, 1.165) is 0 Å². The van der Waals surface area contributed by atoms with Crippen LogP contribution in [0.25, 0.3) is 0 Å². The molecule has 0 heterocycles. The molecule has 0 fully saturated rings. The van der Waals surface area contributed by atoms with Gasteiger partial charge in [0.15, 0.2) is 0 Å². The zero-order valence-electron chi connectivity index (χ0n) is 3.57. The summed E-state index contributed by atoms with van der Waals surface area (Å²) in [5.74, 6) is 0. The Kier molecular flexibility index (Phi) is 1.94. The molecule has 1 nitrogen and oxygen atoms in total. The van der Waals surface area contributed by atoms with Crippen LogP contribution in [0.4, 0.5) is 0 Å². The summed E-state index contributed by atoms with van der Waals surface area (Å²) in [7, 11) is 0. The van der Waals surface area contributed by atoms with Gasteiger partial charge in [-0.1, -0.05) is 13.2 Å². The maximum Gasteiger partial charge on any atom is 0.0735 e. The molecule has 32 valence electrons. The second-order valence-corrected chi connectivity index (χ2v) is 0.836. The third-order valence-electron chi connectivity index (χ3n) is 0.424. The minimum Gasteiger partial charge on any atom is -0.392 e. The molecule has 0 aromatic rings. The van der Waals surface area contributed by atoms with Gasteiger partial charge in [-0.15, -0.1) is 5.73 Å². The Morgan fingerprint density at radius 2 is 2.33 bits per heavy atom. The molecule has 0 aromatic heterocycles. The molecule has 0 unspecified atom stereocenters. The van der Waals surface area contributed by atoms with Gasteiger partial charge in [0.05, 0.1) is 5.70 Å². The quantitative estimate of drug-likeness (QED) is 0.366. The number of allylic oxidation sites excluding steroid dienone is 1. The van der Waals surface area contributed by atoms with Crippen molar-refractivity contribution in [2.45, 2.75) is 0 Å². The minimum absolute atomic E-state index is 0.495. The molecule has 0 aliphatic heterocycles. The monoisotopic (exact) mass is 81.1 g/mol. The standard InChI is InChI=1S/C5H7N/c1-3-5(6)4-2/h3H,1-2,6H2. The molecular formula is C5H7N. The molecule has 0 aliphatic rings. The molecule has 0 aromatic carbocycles. The molecule has 0 saturated carbocycles. The molecule has 6 heavy (non-hydrogen) atoms. The van der Waals surface area contributed by atoms with Crippen LogP contribution in [0.3, 0.4) is 0 Å². The van der Waals surface area contributed by atoms with Crippen molar-refractivity contribution < 1.29 is 0 Å². The number of nitrogens with two attached hydrogens (primary N) is 1. The first-order chi connectivity index (χ1) is 2.81. The topological polar surface area (TPSA) is 26.0 Å². The van der Waals surface area contributed by atoms with E-state index in [0.29, 0.717) is 5.70 Å². The van der Waals surface area contributed by atoms with Crippen molar-refractivity contribution in [1.29, 1.82) is 0 Å². The number of hydrogen-bond acceptors (Lipinski definition) is 1. The summed E-state index contributed by atoms with van der Waals surface area (Å²) >= 11 is 0. The SMILES string of the molecule is C=C=C(N)C=C. The van der Waals surface area contributed by atoms with Crippen LogP contribution in [0.5, 0.6) is 0 Å². The molecule has 0 bridgehead atoms. The van der Waals surface area contributed by atoms with Crippen LogP contribution in [0.1, 0.15) is 0 Å². The van der Waals surface area contributed by atoms with Gasteiger partial charge in [0.2, 0.25) is 0 Å². The first-order valence-electron chi connectivity index (χ1n) is 1.59. The van der Waals surface area contributed by atoms with Crippen LogP contribution in [0, 0.1) is 0 Å². The largest absolute Gasteiger partial charge is 0.392 e. The smallest absolute Gasteiger partial charge is 0.0735 e. The summed E-state index contributed by atoms with van der Waals surface area (Å²) in [5.41, 5.74) is 8.03. The Hall–Kier alpha value is -0.940. The van der Waals surface area contributed by atoms with E-state index in [1.54, 1.807) is 0 Å². The minimum atomic E-state index is 0.495. The van der Waals surface area contributed by atoms with Gasteiger partial charge in [-0.2, -0.15) is 0 Å². The highest BCUT2D eigenvalue weighted by Gasteiger charge is 1.64. The van der Waals surface area contributed by atoms with Gasteiger partial charge >= 0.3 is 0 Å². The first-order valence-corrected chi connectivity index (χ1v) is 1.59. The highest BCUT2D eigenvalue weighted by Crippen LogP contribution is 1.72. The molecule has 0 amide bonds. The van der Waals surface area contributed by atoms with Crippen molar-refractivity contribution in [3.05, 3.63) is 30.7 Å². The average molecular weight is 81.1 g/mol. The molecule has 1 heteroatoms. The summed E-state index contributed by atoms with van der Waals surface area (Å²) in [6, 6.07) is 0. The lowest BCUT2D eigenvalue weighted by Crippen LogP contribution is -1.87. The molecule has 2 N–H and O–H groups in total. The summed E-state index contributed by atoms with van der Waals surface area (Å²) in [4.78, 5) is 0. The lowest BCUT2D eigenvalue weighted by Gasteiger charge is -1.75. The van der Waals surface area contributed by atoms with Crippen molar-refractivity contribution in [3.8, 4) is 0 Å². The fraction of sp³-hybridized carbons (Fsp3) is 0. The van der Waals surface area contributed by atoms with E-state index in [9.17, 15) is 0 Å². The highest BCUT2D eigenvalue weighted by atomic mass is 14.5. The van der Waals surface area contributed by atoms with Crippen LogP contribution >= 0.6 is 0 Å². The summed E-state index contributed by atoms with van der Waals surface area (Å²) in [6.07, 6.45) is 1.49. The van der Waals surface area contributed by atoms with Crippen molar-refractivity contribution in [2.24, 2.45) is 5.73 Å². The van der Waals surface area contributed by atoms with E-state index in [1.165, 1.54) is 6.08 Å². The molecule has 0 aliphatic carbocycles. The van der Waals surface area contributed by atoms with E-state index in [-0.39, 0.29) is 0 Å². The van der Waals surface area contributed by atoms with Gasteiger partial charge in [0.1, 0.15) is 0 Å². The Morgan fingerprint density at radius 1 is 1.83 bits per heavy atom. The van der Waals surface area contributed by atoms with Gasteiger partial charge < -0.3 is 5.73 Å². The molecule has 0 spiro atoms. The van der Waals surface area contributed by atoms with Crippen molar-refractivity contribution in [2.75, 3.05) is 0 Å². The molecule has 0 atom stereocenters. The Labute approximate surface area is 37.5 Å². The van der Waals surface area contributed by atoms with Crippen LogP contribution in [-0.4, -0.2) is 0 Å². The fourth-order valence-electron chi connectivity index (χ4n) is 0.0722. The third-order valence-corrected chi connectivity index (χ3v) is 0.424. The second kappa shape index (κ2) is 2.31. The fourth-order valence-corrected chi connectivity index (χ4v) is 0.0722. The van der Waals surface area contributed by atoms with E-state index in [2.05, 4.69) is 18.9 Å². The average Bonchev–Trinajstić information content (AvgIpc) is 1.65. The maximum absolute atomic E-state index is 5.10. The second-order valence-electron chi connectivity index (χ2n) is 0.836. The van der Waals surface area contributed by atoms with Crippen molar-refractivity contribution in [3.63, 3.8) is 0 Å². The predicted octanol–water partition coefficient (Wildman–Crippen LogP) is 0.800. The molecule has 0 radical (unpaired) electrons. The van der Waals surface area contributed by atoms with Crippen LogP contribution in [0.15, 0.2) is 30.7 Å². The van der Waals surface area contributed by atoms with Gasteiger partial charge in [-0.05, 0) is 6.08 Å². The summed E-state index contributed by atoms with van der Waals surface area (Å²) in [6.45, 7) is 6.64. The maximum atomic E-state index is 5.10. The van der Waals surface area contributed by atoms with Gasteiger partial charge in [-0.3, -0.25) is 0 Å². The lowest BCUT2D eigenvalue weighted by atomic mass is 10.5. The van der Waals surface area contributed by atoms with Crippen LogP contribution in [0.2, 0.25) is 0 Å². The number of hydrogen-bond donors (Lipinski definition) is 1. The highest BCUT2D eigenvalue weighted by molar-refractivity contribution is 5.08. The van der Waals surface area contributed by atoms with Gasteiger partial charge in [0.25, 0.3) is 0 Å². The Balaban J connectivity index is 3.86. The van der Waals surface area contributed by atoms with Gasteiger partial charge in [-0.25, -0.2) is 0 Å². The summed E-state index contributed by atoms with van der Waals surface area (Å²) in [5, 5.41) is 0. The first kappa shape index (κ1) is 5.06. The number of rotatable bonds is 1.